The van der Waals surface area contributed by atoms with Gasteiger partial charge in [0.25, 0.3) is 5.91 Å². The summed E-state index contributed by atoms with van der Waals surface area (Å²) in [5.41, 5.74) is 1.01. The van der Waals surface area contributed by atoms with Crippen molar-refractivity contribution in [2.45, 2.75) is 25.0 Å². The van der Waals surface area contributed by atoms with Crippen molar-refractivity contribution in [1.29, 1.82) is 0 Å². The average molecular weight is 369 g/mol. The van der Waals surface area contributed by atoms with Crippen LogP contribution in [0.3, 0.4) is 0 Å². The van der Waals surface area contributed by atoms with Gasteiger partial charge in [-0.1, -0.05) is 17.7 Å². The minimum Gasteiger partial charge on any atom is -0.497 e. The number of ether oxygens (including phenoxy) is 3. The molecule has 0 saturated carbocycles. The minimum atomic E-state index is -1.14. The zero-order valence-electron chi connectivity index (χ0n) is 15.1. The Morgan fingerprint density at radius 1 is 1.22 bits per heavy atom. The maximum absolute atomic E-state index is 13.5. The van der Waals surface area contributed by atoms with Crippen LogP contribution in [0.2, 0.25) is 0 Å². The number of hydrogen-bond acceptors (Lipinski definition) is 4. The summed E-state index contributed by atoms with van der Waals surface area (Å²) in [6, 6.07) is 11.5. The Labute approximate surface area is 156 Å². The van der Waals surface area contributed by atoms with Gasteiger partial charge in [-0.2, -0.15) is 0 Å². The molecule has 2 aliphatic heterocycles. The zero-order valence-corrected chi connectivity index (χ0v) is 15.1. The molecule has 1 amide bonds. The van der Waals surface area contributed by atoms with Crippen LogP contribution in [0.25, 0.3) is 0 Å². The normalized spacial score (nSPS) is 23.6. The van der Waals surface area contributed by atoms with Crippen molar-refractivity contribution in [3.63, 3.8) is 0 Å². The summed E-state index contributed by atoms with van der Waals surface area (Å²) in [6.45, 7) is 2.22. The summed E-state index contributed by atoms with van der Waals surface area (Å²) in [5.74, 6) is 0.763. The second-order valence-electron chi connectivity index (χ2n) is 6.80. The monoisotopic (exact) mass is 369 g/mol. The maximum atomic E-state index is 13.5. The number of amides is 1. The highest BCUT2D eigenvalue weighted by Gasteiger charge is 2.51. The molecular weight excluding hydrogens is 349 g/mol. The molecule has 0 saturated heterocycles. The summed E-state index contributed by atoms with van der Waals surface area (Å²) in [4.78, 5) is 12.7. The Hall–Kier alpha value is -2.86. The third-order valence-electron chi connectivity index (χ3n) is 4.86. The van der Waals surface area contributed by atoms with Crippen molar-refractivity contribution >= 4 is 11.6 Å². The first-order valence-electron chi connectivity index (χ1n) is 8.73. The van der Waals surface area contributed by atoms with Gasteiger partial charge in [-0.3, -0.25) is 4.79 Å². The lowest BCUT2D eigenvalue weighted by Gasteiger charge is -2.35. The molecule has 6 heteroatoms. The van der Waals surface area contributed by atoms with E-state index in [1.807, 2.05) is 37.3 Å². The number of hydrogen-bond donors (Lipinski definition) is 1. The van der Waals surface area contributed by atoms with Gasteiger partial charge in [0.2, 0.25) is 0 Å². The van der Waals surface area contributed by atoms with E-state index < -0.39 is 17.5 Å². The summed E-state index contributed by atoms with van der Waals surface area (Å²) >= 11 is 0. The minimum absolute atomic E-state index is 0.259. The molecule has 27 heavy (non-hydrogen) atoms. The first kappa shape index (κ1) is 17.5. The molecule has 0 radical (unpaired) electrons. The van der Waals surface area contributed by atoms with Gasteiger partial charge in [-0.05, 0) is 43.3 Å². The van der Waals surface area contributed by atoms with Crippen molar-refractivity contribution in [2.75, 3.05) is 19.0 Å². The Bertz CT molecular complexity index is 909. The van der Waals surface area contributed by atoms with Gasteiger partial charge in [-0.25, -0.2) is 4.39 Å². The van der Waals surface area contributed by atoms with Crippen molar-refractivity contribution in [2.24, 2.45) is 0 Å². The number of anilines is 1. The highest BCUT2D eigenvalue weighted by molar-refractivity contribution is 6.05. The van der Waals surface area contributed by atoms with Crippen LogP contribution in [0.5, 0.6) is 11.5 Å². The number of methoxy groups -OCH3 is 1. The molecule has 4 rings (SSSR count). The zero-order chi connectivity index (χ0) is 19.0. The number of nitrogens with one attached hydrogen (secondary N) is 1. The van der Waals surface area contributed by atoms with Crippen LogP contribution in [-0.4, -0.2) is 25.7 Å². The number of benzene rings is 2. The summed E-state index contributed by atoms with van der Waals surface area (Å²) < 4.78 is 30.7. The molecule has 1 N–H and O–H groups in total. The molecule has 2 aliphatic rings. The van der Waals surface area contributed by atoms with E-state index in [4.69, 9.17) is 14.2 Å². The fourth-order valence-corrected chi connectivity index (χ4v) is 3.65. The predicted molar refractivity (Wildman–Crippen MR) is 98.4 cm³/mol. The van der Waals surface area contributed by atoms with E-state index >= 15 is 0 Å². The van der Waals surface area contributed by atoms with E-state index in [0.717, 1.165) is 11.3 Å². The fourth-order valence-electron chi connectivity index (χ4n) is 3.65. The lowest BCUT2D eigenvalue weighted by Crippen LogP contribution is -2.44. The summed E-state index contributed by atoms with van der Waals surface area (Å²) in [7, 11) is 1.61. The van der Waals surface area contributed by atoms with Crippen LogP contribution >= 0.6 is 0 Å². The Morgan fingerprint density at radius 2 is 1.96 bits per heavy atom. The first-order valence-corrected chi connectivity index (χ1v) is 8.73. The van der Waals surface area contributed by atoms with Gasteiger partial charge in [-0.15, -0.1) is 0 Å². The molecule has 2 heterocycles. The molecule has 0 bridgehead atoms. The number of carbonyl (C=O) groups excluding carboxylic acids is 1. The number of fused-ring (bicyclic) bond motifs is 2. The van der Waals surface area contributed by atoms with Gasteiger partial charge in [0, 0.05) is 12.0 Å². The van der Waals surface area contributed by atoms with E-state index in [2.05, 4.69) is 5.32 Å². The number of rotatable bonds is 4. The summed E-state index contributed by atoms with van der Waals surface area (Å²) in [6.07, 6.45) is 1.99. The van der Waals surface area contributed by atoms with Crippen molar-refractivity contribution < 1.29 is 23.4 Å². The third kappa shape index (κ3) is 3.17. The first-order chi connectivity index (χ1) is 13.0. The van der Waals surface area contributed by atoms with Crippen LogP contribution < -0.4 is 14.8 Å². The quantitative estimate of drug-likeness (QED) is 0.833. The topological polar surface area (TPSA) is 56.8 Å². The molecule has 2 aromatic carbocycles. The molecule has 5 nitrogen and oxygen atoms in total. The lowest BCUT2D eigenvalue weighted by molar-refractivity contribution is -0.151. The highest BCUT2D eigenvalue weighted by Crippen LogP contribution is 2.46. The van der Waals surface area contributed by atoms with Crippen molar-refractivity contribution in [3.8, 4) is 11.5 Å². The molecule has 0 unspecified atom stereocenters. The molecule has 2 aromatic rings. The second kappa shape index (κ2) is 6.70. The fraction of sp³-hybridized carbons (Fsp3) is 0.286. The predicted octanol–water partition coefficient (Wildman–Crippen LogP) is 3.80. The summed E-state index contributed by atoms with van der Waals surface area (Å²) in [5, 5.41) is 2.74. The van der Waals surface area contributed by atoms with E-state index in [0.29, 0.717) is 23.4 Å². The van der Waals surface area contributed by atoms with Gasteiger partial charge in [0.05, 0.1) is 12.8 Å². The largest absolute Gasteiger partial charge is 0.497 e. The Balaban J connectivity index is 1.55. The molecule has 0 aliphatic carbocycles. The van der Waals surface area contributed by atoms with Crippen LogP contribution in [0, 0.1) is 5.82 Å². The highest BCUT2D eigenvalue weighted by atomic mass is 19.1. The Kier molecular flexibility index (Phi) is 4.36. The van der Waals surface area contributed by atoms with Crippen LogP contribution in [0.15, 0.2) is 54.1 Å². The van der Waals surface area contributed by atoms with Crippen molar-refractivity contribution in [3.05, 3.63) is 65.5 Å². The molecule has 2 atom stereocenters. The lowest BCUT2D eigenvalue weighted by atomic mass is 9.85. The smallest absolute Gasteiger partial charge is 0.261 e. The van der Waals surface area contributed by atoms with E-state index in [-0.39, 0.29) is 12.5 Å². The van der Waals surface area contributed by atoms with Gasteiger partial charge in [0.1, 0.15) is 30.0 Å². The van der Waals surface area contributed by atoms with E-state index in [1.54, 1.807) is 13.2 Å². The van der Waals surface area contributed by atoms with Gasteiger partial charge < -0.3 is 19.5 Å². The molecule has 0 aromatic heterocycles. The van der Waals surface area contributed by atoms with Gasteiger partial charge in [0.15, 0.2) is 5.60 Å². The number of halogens is 1. The maximum Gasteiger partial charge on any atom is 0.261 e. The standard InChI is InChI=1S/C21H20FNO4/c1-13-9-17(12-26-16-6-4-15(25-2)5-7-16)27-21(11-13)18-8-3-14(22)10-19(18)23-20(21)24/h3-10,17H,11-12H2,1-2H3,(H,23,24)/t17-,21+/m0/s1. The molecule has 140 valence electrons. The van der Waals surface area contributed by atoms with Crippen molar-refractivity contribution in [1.82, 2.24) is 0 Å². The van der Waals surface area contributed by atoms with E-state index in [1.165, 1.54) is 12.1 Å². The molecular formula is C21H20FNO4. The van der Waals surface area contributed by atoms with E-state index in [9.17, 15) is 9.18 Å². The Morgan fingerprint density at radius 3 is 2.70 bits per heavy atom. The van der Waals surface area contributed by atoms with Crippen LogP contribution in [-0.2, 0) is 15.1 Å². The molecule has 1 spiro atoms. The third-order valence-corrected chi connectivity index (χ3v) is 4.86. The second-order valence-corrected chi connectivity index (χ2v) is 6.80. The van der Waals surface area contributed by atoms with Crippen LogP contribution in [0.1, 0.15) is 18.9 Å². The SMILES string of the molecule is COc1ccc(OC[C@@H]2C=C(C)C[C@]3(O2)C(=O)Nc2cc(F)ccc23)cc1. The molecule has 0 fully saturated rings. The number of carbonyl (C=O) groups is 1. The van der Waals surface area contributed by atoms with Crippen LogP contribution in [0.4, 0.5) is 10.1 Å². The van der Waals surface area contributed by atoms with Gasteiger partial charge >= 0.3 is 0 Å². The average Bonchev–Trinajstić information content (AvgIpc) is 2.90.